The van der Waals surface area contributed by atoms with Crippen LogP contribution in [-0.4, -0.2) is 31.1 Å². The maximum atomic E-state index is 10.5. The number of non-ortho nitro benzene ring substituents is 1. The quantitative estimate of drug-likeness (QED) is 0.635. The van der Waals surface area contributed by atoms with Crippen molar-refractivity contribution in [2.45, 2.75) is 20.3 Å². The molecule has 4 N–H and O–H groups in total. The van der Waals surface area contributed by atoms with Crippen LogP contribution in [0.4, 0.5) is 11.4 Å². The second kappa shape index (κ2) is 9.29. The first-order valence-corrected chi connectivity index (χ1v) is 6.39. The largest absolute Gasteiger partial charge is 0.369 e. The topological polar surface area (TPSA) is 93.4 Å². The summed E-state index contributed by atoms with van der Waals surface area (Å²) in [5.74, 6) is 0. The van der Waals surface area contributed by atoms with Crippen molar-refractivity contribution in [1.29, 1.82) is 0 Å². The number of hydrogen-bond donors (Lipinski definition) is 2. The van der Waals surface area contributed by atoms with Crippen LogP contribution in [0.3, 0.4) is 0 Å². The van der Waals surface area contributed by atoms with Gasteiger partial charge in [0.05, 0.1) is 4.92 Å². The van der Waals surface area contributed by atoms with Crippen LogP contribution < -0.4 is 16.4 Å². The maximum absolute atomic E-state index is 10.5. The number of nitro groups is 1. The lowest BCUT2D eigenvalue weighted by Gasteiger charge is -2.29. The lowest BCUT2D eigenvalue weighted by Crippen LogP contribution is -2.43. The van der Waals surface area contributed by atoms with E-state index in [0.29, 0.717) is 0 Å². The third kappa shape index (κ3) is 5.67. The van der Waals surface area contributed by atoms with Crippen molar-refractivity contribution in [2.75, 3.05) is 31.1 Å². The van der Waals surface area contributed by atoms with Crippen LogP contribution in [0, 0.1) is 10.1 Å². The molecule has 2 rings (SSSR count). The molecule has 0 atom stereocenters. The fourth-order valence-electron chi connectivity index (χ4n) is 1.71. The van der Waals surface area contributed by atoms with Gasteiger partial charge in [-0.1, -0.05) is 20.3 Å². The van der Waals surface area contributed by atoms with E-state index in [0.717, 1.165) is 31.9 Å². The number of nitrogens with zero attached hydrogens (tertiary/aromatic N) is 2. The number of nitrogens with one attached hydrogen (secondary N) is 1. The van der Waals surface area contributed by atoms with Crippen LogP contribution in [0.15, 0.2) is 24.3 Å². The van der Waals surface area contributed by atoms with Gasteiger partial charge in [-0.3, -0.25) is 10.1 Å². The first-order valence-electron chi connectivity index (χ1n) is 6.39. The van der Waals surface area contributed by atoms with Crippen molar-refractivity contribution in [3.8, 4) is 0 Å². The van der Waals surface area contributed by atoms with Crippen LogP contribution in [0.25, 0.3) is 0 Å². The van der Waals surface area contributed by atoms with Crippen LogP contribution in [-0.2, 0) is 0 Å². The van der Waals surface area contributed by atoms with E-state index in [9.17, 15) is 10.1 Å². The number of rotatable bonds is 2. The summed E-state index contributed by atoms with van der Waals surface area (Å²) in [6, 6.07) is 6.72. The molecular weight excluding hydrogens is 244 g/mol. The van der Waals surface area contributed by atoms with Gasteiger partial charge in [-0.25, -0.2) is 0 Å². The highest BCUT2D eigenvalue weighted by Gasteiger charge is 2.11. The molecule has 6 nitrogen and oxygen atoms in total. The Labute approximate surface area is 114 Å². The lowest BCUT2D eigenvalue weighted by atomic mass is 10.2. The summed E-state index contributed by atoms with van der Waals surface area (Å²) in [6.45, 7) is 8.10. The van der Waals surface area contributed by atoms with E-state index >= 15 is 0 Å². The Morgan fingerprint density at radius 2 is 1.68 bits per heavy atom. The van der Waals surface area contributed by atoms with Crippen molar-refractivity contribution in [2.24, 2.45) is 0 Å². The first kappa shape index (κ1) is 17.3. The van der Waals surface area contributed by atoms with Gasteiger partial charge in [0.1, 0.15) is 0 Å². The molecule has 1 aromatic carbocycles. The summed E-state index contributed by atoms with van der Waals surface area (Å²) < 4.78 is 0. The van der Waals surface area contributed by atoms with Gasteiger partial charge in [0.2, 0.25) is 0 Å². The normalized spacial score (nSPS) is 13.9. The first-order chi connectivity index (χ1) is 8.69. The summed E-state index contributed by atoms with van der Waals surface area (Å²) in [7, 11) is 0. The molecule has 19 heavy (non-hydrogen) atoms. The van der Waals surface area contributed by atoms with E-state index in [2.05, 4.69) is 24.1 Å². The lowest BCUT2D eigenvalue weighted by molar-refractivity contribution is -0.384. The Kier molecular flexibility index (Phi) is 8.48. The van der Waals surface area contributed by atoms with Crippen molar-refractivity contribution in [3.05, 3.63) is 34.4 Å². The highest BCUT2D eigenvalue weighted by atomic mass is 16.6. The number of nitro benzene ring substituents is 1. The van der Waals surface area contributed by atoms with Gasteiger partial charge < -0.3 is 16.4 Å². The fourth-order valence-corrected chi connectivity index (χ4v) is 1.71. The Hall–Kier alpha value is -1.66. The molecule has 1 aliphatic heterocycles. The molecule has 1 heterocycles. The average Bonchev–Trinajstić information content (AvgIpc) is 2.41. The maximum Gasteiger partial charge on any atom is 0.269 e. The molecule has 0 saturated carbocycles. The predicted molar refractivity (Wildman–Crippen MR) is 79.2 cm³/mol. The summed E-state index contributed by atoms with van der Waals surface area (Å²) in [5.41, 5.74) is 1.20. The van der Waals surface area contributed by atoms with Gasteiger partial charge in [0.15, 0.2) is 0 Å². The Morgan fingerprint density at radius 1 is 1.21 bits per heavy atom. The zero-order valence-corrected chi connectivity index (χ0v) is 11.8. The standard InChI is InChI=1S/C10H13N3O2.C3H8.H3N/c14-13(15)10-3-1-9(2-4-10)12-7-5-11-6-8-12;1-3-2;/h1-4,11H,5-8H2;3H2,1-2H3;1H3. The van der Waals surface area contributed by atoms with Gasteiger partial charge >= 0.3 is 0 Å². The highest BCUT2D eigenvalue weighted by Crippen LogP contribution is 2.19. The summed E-state index contributed by atoms with van der Waals surface area (Å²) in [6.07, 6.45) is 1.25. The molecule has 0 spiro atoms. The van der Waals surface area contributed by atoms with Crippen molar-refractivity contribution < 1.29 is 4.92 Å². The third-order valence-electron chi connectivity index (χ3n) is 2.54. The summed E-state index contributed by atoms with van der Waals surface area (Å²) in [4.78, 5) is 12.3. The molecule has 0 aliphatic carbocycles. The molecule has 1 fully saturated rings. The van der Waals surface area contributed by atoms with Gasteiger partial charge in [-0.2, -0.15) is 0 Å². The van der Waals surface area contributed by atoms with Gasteiger partial charge in [0, 0.05) is 44.0 Å². The molecule has 0 aromatic heterocycles. The molecule has 1 aliphatic rings. The van der Waals surface area contributed by atoms with Crippen LogP contribution in [0.2, 0.25) is 0 Å². The molecule has 6 heteroatoms. The third-order valence-corrected chi connectivity index (χ3v) is 2.54. The van der Waals surface area contributed by atoms with E-state index in [4.69, 9.17) is 0 Å². The summed E-state index contributed by atoms with van der Waals surface area (Å²) >= 11 is 0. The van der Waals surface area contributed by atoms with Crippen LogP contribution in [0.5, 0.6) is 0 Å². The van der Waals surface area contributed by atoms with Crippen LogP contribution >= 0.6 is 0 Å². The van der Waals surface area contributed by atoms with Gasteiger partial charge in [-0.05, 0) is 12.1 Å². The number of benzene rings is 1. The van der Waals surface area contributed by atoms with Crippen LogP contribution in [0.1, 0.15) is 20.3 Å². The van der Waals surface area contributed by atoms with Gasteiger partial charge in [0.25, 0.3) is 5.69 Å². The second-order valence-corrected chi connectivity index (χ2v) is 4.22. The molecule has 0 unspecified atom stereocenters. The van der Waals surface area contributed by atoms with E-state index in [1.165, 1.54) is 6.42 Å². The van der Waals surface area contributed by atoms with E-state index < -0.39 is 0 Å². The predicted octanol–water partition coefficient (Wildman–Crippen LogP) is 2.58. The minimum atomic E-state index is -0.373. The fraction of sp³-hybridized carbons (Fsp3) is 0.538. The average molecular weight is 268 g/mol. The zero-order chi connectivity index (χ0) is 13.4. The Bertz CT molecular complexity index is 361. The monoisotopic (exact) mass is 268 g/mol. The molecule has 108 valence electrons. The van der Waals surface area contributed by atoms with Crippen molar-refractivity contribution >= 4 is 11.4 Å². The minimum Gasteiger partial charge on any atom is -0.369 e. The number of piperazine rings is 1. The Morgan fingerprint density at radius 3 is 2.11 bits per heavy atom. The van der Waals surface area contributed by atoms with Crippen molar-refractivity contribution in [1.82, 2.24) is 11.5 Å². The number of anilines is 1. The molecule has 1 saturated heterocycles. The molecular formula is C13H24N4O2. The molecule has 0 bridgehead atoms. The van der Waals surface area contributed by atoms with E-state index in [1.54, 1.807) is 12.1 Å². The number of hydrogen-bond acceptors (Lipinski definition) is 5. The van der Waals surface area contributed by atoms with Gasteiger partial charge in [-0.15, -0.1) is 0 Å². The molecule has 1 aromatic rings. The smallest absolute Gasteiger partial charge is 0.269 e. The molecule has 0 radical (unpaired) electrons. The van der Waals surface area contributed by atoms with Crippen molar-refractivity contribution in [3.63, 3.8) is 0 Å². The van der Waals surface area contributed by atoms with E-state index in [-0.39, 0.29) is 16.8 Å². The molecule has 0 amide bonds. The minimum absolute atomic E-state index is 0. The second-order valence-electron chi connectivity index (χ2n) is 4.22. The summed E-state index contributed by atoms with van der Waals surface area (Å²) in [5, 5.41) is 13.7. The zero-order valence-electron chi connectivity index (χ0n) is 11.8. The SMILES string of the molecule is CCC.N.O=[N+]([O-])c1ccc(N2CCNCC2)cc1. The van der Waals surface area contributed by atoms with E-state index in [1.807, 2.05) is 12.1 Å². The highest BCUT2D eigenvalue weighted by molar-refractivity contribution is 5.51. The Balaban J connectivity index is 0.000000742.